The van der Waals surface area contributed by atoms with Crippen molar-refractivity contribution in [2.75, 3.05) is 26.3 Å². The molecule has 0 N–H and O–H groups in total. The minimum atomic E-state index is -4.75. The van der Waals surface area contributed by atoms with Crippen molar-refractivity contribution in [1.29, 1.82) is 0 Å². The van der Waals surface area contributed by atoms with Crippen molar-refractivity contribution in [3.63, 3.8) is 0 Å². The van der Waals surface area contributed by atoms with Crippen molar-refractivity contribution >= 4 is 23.4 Å². The van der Waals surface area contributed by atoms with Gasteiger partial charge in [-0.05, 0) is 17.6 Å². The molecule has 0 atom stereocenters. The Kier molecular flexibility index (Phi) is 4.82. The minimum absolute atomic E-state index is 0.0580. The first-order valence-corrected chi connectivity index (χ1v) is 7.97. The molecular formula is C17H16F3N3O3. The van der Waals surface area contributed by atoms with E-state index in [2.05, 4.69) is 0 Å². The fourth-order valence-electron chi connectivity index (χ4n) is 2.95. The summed E-state index contributed by atoms with van der Waals surface area (Å²) in [6.07, 6.45) is -2.14. The lowest BCUT2D eigenvalue weighted by molar-refractivity contribution is -0.156. The van der Waals surface area contributed by atoms with Crippen LogP contribution in [0.2, 0.25) is 0 Å². The lowest BCUT2D eigenvalue weighted by Gasteiger charge is -2.29. The molecule has 1 aromatic carbocycles. The van der Waals surface area contributed by atoms with E-state index in [-0.39, 0.29) is 11.6 Å². The quantitative estimate of drug-likeness (QED) is 0.604. The van der Waals surface area contributed by atoms with Gasteiger partial charge >= 0.3 is 24.0 Å². The molecule has 138 valence electrons. The number of halogens is 3. The Balaban J connectivity index is 1.65. The van der Waals surface area contributed by atoms with Gasteiger partial charge < -0.3 is 0 Å². The molecule has 0 aliphatic carbocycles. The minimum Gasteiger partial charge on any atom is -0.281 e. The molecule has 1 saturated heterocycles. The van der Waals surface area contributed by atoms with E-state index in [1.54, 1.807) is 4.90 Å². The van der Waals surface area contributed by atoms with Gasteiger partial charge in [0, 0.05) is 13.1 Å². The van der Waals surface area contributed by atoms with Crippen LogP contribution in [-0.2, 0) is 9.59 Å². The first-order chi connectivity index (χ1) is 12.3. The standard InChI is InChI=1S/C17H16F3N3O3/c18-17(19,20)10-22-14(24)15(25)23(16(22)26)11-21-8-6-13(7-9-21)12-4-2-1-3-5-12/h1-6H,7-11H2. The van der Waals surface area contributed by atoms with Gasteiger partial charge in [-0.25, -0.2) is 14.6 Å². The molecule has 0 spiro atoms. The van der Waals surface area contributed by atoms with E-state index in [1.807, 2.05) is 36.4 Å². The molecule has 0 unspecified atom stereocenters. The third-order valence-corrected chi connectivity index (χ3v) is 4.25. The van der Waals surface area contributed by atoms with E-state index in [1.165, 1.54) is 0 Å². The molecule has 2 aliphatic rings. The van der Waals surface area contributed by atoms with Gasteiger partial charge in [-0.1, -0.05) is 36.4 Å². The van der Waals surface area contributed by atoms with Crippen molar-refractivity contribution < 1.29 is 27.6 Å². The summed E-state index contributed by atoms with van der Waals surface area (Å²) < 4.78 is 37.4. The molecule has 2 aliphatic heterocycles. The van der Waals surface area contributed by atoms with Crippen LogP contribution in [0.5, 0.6) is 0 Å². The van der Waals surface area contributed by atoms with Crippen LogP contribution >= 0.6 is 0 Å². The topological polar surface area (TPSA) is 60.9 Å². The van der Waals surface area contributed by atoms with E-state index in [0.717, 1.165) is 11.1 Å². The highest BCUT2D eigenvalue weighted by Crippen LogP contribution is 2.24. The molecule has 6 nitrogen and oxygen atoms in total. The van der Waals surface area contributed by atoms with Gasteiger partial charge in [-0.15, -0.1) is 0 Å². The van der Waals surface area contributed by atoms with E-state index < -0.39 is 30.6 Å². The fraction of sp³-hybridized carbons (Fsp3) is 0.353. The van der Waals surface area contributed by atoms with Crippen LogP contribution in [0.3, 0.4) is 0 Å². The highest BCUT2D eigenvalue weighted by Gasteiger charge is 2.49. The highest BCUT2D eigenvalue weighted by molar-refractivity contribution is 6.44. The predicted molar refractivity (Wildman–Crippen MR) is 85.5 cm³/mol. The molecule has 2 heterocycles. The Morgan fingerprint density at radius 1 is 0.962 bits per heavy atom. The highest BCUT2D eigenvalue weighted by atomic mass is 19.4. The average molecular weight is 367 g/mol. The molecule has 26 heavy (non-hydrogen) atoms. The number of imide groups is 2. The third-order valence-electron chi connectivity index (χ3n) is 4.25. The largest absolute Gasteiger partial charge is 0.406 e. The van der Waals surface area contributed by atoms with Gasteiger partial charge in [-0.3, -0.25) is 14.5 Å². The SMILES string of the molecule is O=C1C(=O)N(CC(F)(F)F)C(=O)N1CN1CC=C(c2ccccc2)CC1. The van der Waals surface area contributed by atoms with Crippen molar-refractivity contribution in [2.24, 2.45) is 0 Å². The van der Waals surface area contributed by atoms with Crippen LogP contribution in [0.4, 0.5) is 18.0 Å². The summed E-state index contributed by atoms with van der Waals surface area (Å²) in [5.41, 5.74) is 2.20. The molecule has 0 radical (unpaired) electrons. The molecule has 3 rings (SSSR count). The molecule has 1 fully saturated rings. The molecule has 4 amide bonds. The van der Waals surface area contributed by atoms with Crippen LogP contribution in [0, 0.1) is 0 Å². The number of carbonyl (C=O) groups is 3. The number of hydrogen-bond donors (Lipinski definition) is 0. The molecule has 9 heteroatoms. The number of hydrogen-bond acceptors (Lipinski definition) is 4. The summed E-state index contributed by atoms with van der Waals surface area (Å²) in [4.78, 5) is 37.8. The summed E-state index contributed by atoms with van der Waals surface area (Å²) in [6, 6.07) is 8.48. The second kappa shape index (κ2) is 6.91. The van der Waals surface area contributed by atoms with Crippen molar-refractivity contribution in [3.8, 4) is 0 Å². The van der Waals surface area contributed by atoms with Crippen LogP contribution in [0.15, 0.2) is 36.4 Å². The Labute approximate surface area is 147 Å². The zero-order valence-electron chi connectivity index (χ0n) is 13.7. The van der Waals surface area contributed by atoms with Crippen LogP contribution in [0.25, 0.3) is 5.57 Å². The third kappa shape index (κ3) is 3.77. The number of rotatable bonds is 4. The van der Waals surface area contributed by atoms with Crippen LogP contribution < -0.4 is 0 Å². The zero-order valence-corrected chi connectivity index (χ0v) is 13.7. The maximum atomic E-state index is 12.5. The summed E-state index contributed by atoms with van der Waals surface area (Å²) in [5, 5.41) is 0. The van der Waals surface area contributed by atoms with Gasteiger partial charge in [0.2, 0.25) is 0 Å². The maximum absolute atomic E-state index is 12.5. The smallest absolute Gasteiger partial charge is 0.281 e. The van der Waals surface area contributed by atoms with Crippen molar-refractivity contribution in [1.82, 2.24) is 14.7 Å². The number of amides is 4. The van der Waals surface area contributed by atoms with Gasteiger partial charge in [0.15, 0.2) is 0 Å². The Morgan fingerprint density at radius 2 is 1.62 bits per heavy atom. The van der Waals surface area contributed by atoms with Crippen molar-refractivity contribution in [2.45, 2.75) is 12.6 Å². The lowest BCUT2D eigenvalue weighted by Crippen LogP contribution is -2.44. The van der Waals surface area contributed by atoms with Crippen LogP contribution in [0.1, 0.15) is 12.0 Å². The molecular weight excluding hydrogens is 351 g/mol. The average Bonchev–Trinajstić information content (AvgIpc) is 2.80. The van der Waals surface area contributed by atoms with Crippen molar-refractivity contribution in [3.05, 3.63) is 42.0 Å². The first kappa shape index (κ1) is 18.1. The zero-order chi connectivity index (χ0) is 18.9. The van der Waals surface area contributed by atoms with Gasteiger partial charge in [-0.2, -0.15) is 13.2 Å². The number of carbonyl (C=O) groups excluding carboxylic acids is 3. The Bertz CT molecular complexity index is 762. The summed E-state index contributed by atoms with van der Waals surface area (Å²) in [6.45, 7) is -1.03. The summed E-state index contributed by atoms with van der Waals surface area (Å²) in [7, 11) is 0. The summed E-state index contributed by atoms with van der Waals surface area (Å²) >= 11 is 0. The van der Waals surface area contributed by atoms with Gasteiger partial charge in [0.05, 0.1) is 6.67 Å². The maximum Gasteiger partial charge on any atom is 0.406 e. The number of alkyl halides is 3. The molecule has 0 aromatic heterocycles. The Morgan fingerprint density at radius 3 is 2.19 bits per heavy atom. The van der Waals surface area contributed by atoms with Gasteiger partial charge in [0.25, 0.3) is 0 Å². The fourth-order valence-corrected chi connectivity index (χ4v) is 2.95. The van der Waals surface area contributed by atoms with E-state index in [0.29, 0.717) is 24.4 Å². The van der Waals surface area contributed by atoms with E-state index in [9.17, 15) is 27.6 Å². The molecule has 0 saturated carbocycles. The number of nitrogens with zero attached hydrogens (tertiary/aromatic N) is 3. The predicted octanol–water partition coefficient (Wildman–Crippen LogP) is 2.09. The number of benzene rings is 1. The second-order valence-corrected chi connectivity index (χ2v) is 6.09. The lowest BCUT2D eigenvalue weighted by atomic mass is 10.00. The normalized spacial score (nSPS) is 19.3. The molecule has 1 aromatic rings. The Hall–Kier alpha value is -2.68. The van der Waals surface area contributed by atoms with E-state index in [4.69, 9.17) is 0 Å². The summed E-state index contributed by atoms with van der Waals surface area (Å²) in [5.74, 6) is -2.66. The van der Waals surface area contributed by atoms with Crippen LogP contribution in [-0.4, -0.2) is 65.0 Å². The van der Waals surface area contributed by atoms with E-state index >= 15 is 0 Å². The molecule has 0 bridgehead atoms. The van der Waals surface area contributed by atoms with Gasteiger partial charge in [0.1, 0.15) is 6.54 Å². The first-order valence-electron chi connectivity index (χ1n) is 7.97. The monoisotopic (exact) mass is 367 g/mol. The number of urea groups is 1. The second-order valence-electron chi connectivity index (χ2n) is 6.09.